The third-order valence-electron chi connectivity index (χ3n) is 3.05. The fourth-order valence-corrected chi connectivity index (χ4v) is 2.80. The Bertz CT molecular complexity index is 538. The topological polar surface area (TPSA) is 60.8 Å². The van der Waals surface area contributed by atoms with Crippen molar-refractivity contribution >= 4 is 27.8 Å². The summed E-state index contributed by atoms with van der Waals surface area (Å²) in [5, 5.41) is 0. The Morgan fingerprint density at radius 2 is 2.11 bits per heavy atom. The highest BCUT2D eigenvalue weighted by atomic mass is 79.9. The first-order chi connectivity index (χ1) is 9.02. The van der Waals surface area contributed by atoms with Crippen LogP contribution in [0.2, 0.25) is 0 Å². The molecular formula is C12H15BrN2O4. The van der Waals surface area contributed by atoms with Crippen molar-refractivity contribution in [3.63, 3.8) is 0 Å². The summed E-state index contributed by atoms with van der Waals surface area (Å²) in [6, 6.07) is 0. The van der Waals surface area contributed by atoms with Gasteiger partial charge in [-0.2, -0.15) is 0 Å². The van der Waals surface area contributed by atoms with E-state index in [0.717, 1.165) is 0 Å². The Morgan fingerprint density at radius 3 is 2.68 bits per heavy atom. The van der Waals surface area contributed by atoms with Gasteiger partial charge in [0.1, 0.15) is 10.2 Å². The van der Waals surface area contributed by atoms with Gasteiger partial charge in [0, 0.05) is 20.1 Å². The van der Waals surface area contributed by atoms with Crippen molar-refractivity contribution in [2.45, 2.75) is 13.5 Å². The molecule has 0 spiro atoms. The number of fused-ring (bicyclic) bond motifs is 1. The minimum atomic E-state index is -0.497. The summed E-state index contributed by atoms with van der Waals surface area (Å²) in [5.41, 5.74) is 0.647. The van der Waals surface area contributed by atoms with Crippen LogP contribution in [-0.4, -0.2) is 48.7 Å². The highest BCUT2D eigenvalue weighted by molar-refractivity contribution is 9.10. The molecule has 1 aliphatic heterocycles. The first kappa shape index (κ1) is 13.9. The van der Waals surface area contributed by atoms with Crippen molar-refractivity contribution in [3.8, 4) is 5.75 Å². The third-order valence-corrected chi connectivity index (χ3v) is 3.87. The van der Waals surface area contributed by atoms with Gasteiger partial charge in [-0.3, -0.25) is 4.79 Å². The average Bonchev–Trinajstić information content (AvgIpc) is 2.67. The van der Waals surface area contributed by atoms with Gasteiger partial charge in [0.15, 0.2) is 11.4 Å². The quantitative estimate of drug-likeness (QED) is 0.788. The molecule has 0 aromatic carbocycles. The van der Waals surface area contributed by atoms with E-state index in [1.54, 1.807) is 23.4 Å². The van der Waals surface area contributed by atoms with Crippen LogP contribution in [0, 0.1) is 0 Å². The number of aromatic nitrogens is 1. The Hall–Kier alpha value is -1.50. The Morgan fingerprint density at radius 1 is 1.42 bits per heavy atom. The maximum absolute atomic E-state index is 12.2. The van der Waals surface area contributed by atoms with Crippen molar-refractivity contribution in [2.24, 2.45) is 0 Å². The molecule has 2 rings (SSSR count). The van der Waals surface area contributed by atoms with E-state index in [4.69, 9.17) is 9.47 Å². The average molecular weight is 331 g/mol. The van der Waals surface area contributed by atoms with Crippen molar-refractivity contribution in [2.75, 3.05) is 27.3 Å². The number of rotatable bonds is 3. The lowest BCUT2D eigenvalue weighted by Crippen LogP contribution is -2.37. The molecule has 0 atom stereocenters. The zero-order chi connectivity index (χ0) is 14.2. The number of methoxy groups -OCH3 is 1. The predicted molar refractivity (Wildman–Crippen MR) is 71.6 cm³/mol. The molecule has 0 saturated carbocycles. The molecular weight excluding hydrogens is 316 g/mol. The molecule has 0 bridgehead atoms. The molecule has 0 N–H and O–H groups in total. The van der Waals surface area contributed by atoms with E-state index in [2.05, 4.69) is 15.9 Å². The Kier molecular flexibility index (Phi) is 3.84. The van der Waals surface area contributed by atoms with E-state index in [9.17, 15) is 9.59 Å². The second-order valence-corrected chi connectivity index (χ2v) is 4.90. The van der Waals surface area contributed by atoms with Crippen LogP contribution in [-0.2, 0) is 11.3 Å². The number of likely N-dealkylation sites (N-methyl/N-ethyl adjacent to an activating group) is 1. The highest BCUT2D eigenvalue weighted by Crippen LogP contribution is 2.37. The molecule has 19 heavy (non-hydrogen) atoms. The SMILES string of the molecule is CCOC(=O)c1c(OC)c2n(c1Br)CCN(C)C2=O. The number of carbonyl (C=O) groups excluding carboxylic acids is 2. The van der Waals surface area contributed by atoms with Crippen LogP contribution >= 0.6 is 15.9 Å². The van der Waals surface area contributed by atoms with Gasteiger partial charge in [-0.05, 0) is 22.9 Å². The molecule has 1 amide bonds. The predicted octanol–water partition coefficient (Wildman–Crippen LogP) is 1.52. The fourth-order valence-electron chi connectivity index (χ4n) is 2.10. The zero-order valence-corrected chi connectivity index (χ0v) is 12.6. The molecule has 0 saturated heterocycles. The van der Waals surface area contributed by atoms with Gasteiger partial charge in [-0.25, -0.2) is 4.79 Å². The second kappa shape index (κ2) is 5.24. The number of amides is 1. The number of halogens is 1. The maximum atomic E-state index is 12.2. The Labute approximate surface area is 119 Å². The van der Waals surface area contributed by atoms with E-state index in [0.29, 0.717) is 23.4 Å². The summed E-state index contributed by atoms with van der Waals surface area (Å²) >= 11 is 3.36. The van der Waals surface area contributed by atoms with Crippen LogP contribution in [0.25, 0.3) is 0 Å². The molecule has 6 nitrogen and oxygen atoms in total. The molecule has 1 aromatic heterocycles. The van der Waals surface area contributed by atoms with Crippen LogP contribution in [0.1, 0.15) is 27.8 Å². The van der Waals surface area contributed by atoms with E-state index in [-0.39, 0.29) is 23.8 Å². The van der Waals surface area contributed by atoms with Gasteiger partial charge < -0.3 is 18.9 Å². The molecule has 104 valence electrons. The number of esters is 1. The van der Waals surface area contributed by atoms with Crippen molar-refractivity contribution in [1.29, 1.82) is 0 Å². The first-order valence-corrected chi connectivity index (χ1v) is 6.70. The lowest BCUT2D eigenvalue weighted by atomic mass is 10.2. The van der Waals surface area contributed by atoms with Crippen molar-refractivity contribution in [3.05, 3.63) is 15.9 Å². The molecule has 7 heteroatoms. The molecule has 1 aliphatic rings. The molecule has 0 fully saturated rings. The van der Waals surface area contributed by atoms with E-state index in [1.165, 1.54) is 7.11 Å². The summed E-state index contributed by atoms with van der Waals surface area (Å²) in [4.78, 5) is 25.8. The summed E-state index contributed by atoms with van der Waals surface area (Å²) in [7, 11) is 3.16. The second-order valence-electron chi connectivity index (χ2n) is 4.15. The molecule has 2 heterocycles. The normalized spacial score (nSPS) is 14.3. The fraction of sp³-hybridized carbons (Fsp3) is 0.500. The summed E-state index contributed by atoms with van der Waals surface area (Å²) in [6.07, 6.45) is 0. The minimum absolute atomic E-state index is 0.167. The standard InChI is InChI=1S/C12H15BrN2O4/c1-4-19-12(17)7-9(18-3)8-11(16)14(2)5-6-15(8)10(7)13/h4-6H2,1-3H3. The molecule has 0 aliphatic carbocycles. The summed E-state index contributed by atoms with van der Waals surface area (Å²) in [6.45, 7) is 3.19. The van der Waals surface area contributed by atoms with Crippen molar-refractivity contribution < 1.29 is 19.1 Å². The van der Waals surface area contributed by atoms with Crippen LogP contribution in [0.3, 0.4) is 0 Å². The van der Waals surface area contributed by atoms with E-state index in [1.807, 2.05) is 0 Å². The Balaban J connectivity index is 2.61. The lowest BCUT2D eigenvalue weighted by Gasteiger charge is -2.25. The minimum Gasteiger partial charge on any atom is -0.493 e. The first-order valence-electron chi connectivity index (χ1n) is 5.91. The number of carbonyl (C=O) groups is 2. The summed E-state index contributed by atoms with van der Waals surface area (Å²) < 4.78 is 12.5. The van der Waals surface area contributed by atoms with Gasteiger partial charge in [-0.15, -0.1) is 0 Å². The maximum Gasteiger partial charge on any atom is 0.344 e. The van der Waals surface area contributed by atoms with Gasteiger partial charge in [0.25, 0.3) is 5.91 Å². The van der Waals surface area contributed by atoms with Crippen molar-refractivity contribution in [1.82, 2.24) is 9.47 Å². The van der Waals surface area contributed by atoms with Crippen LogP contribution < -0.4 is 4.74 Å². The van der Waals surface area contributed by atoms with Gasteiger partial charge in [0.05, 0.1) is 13.7 Å². The smallest absolute Gasteiger partial charge is 0.344 e. The van der Waals surface area contributed by atoms with Crippen LogP contribution in [0.4, 0.5) is 0 Å². The zero-order valence-electron chi connectivity index (χ0n) is 11.0. The number of hydrogen-bond acceptors (Lipinski definition) is 4. The summed E-state index contributed by atoms with van der Waals surface area (Å²) in [5.74, 6) is -0.398. The number of ether oxygens (including phenoxy) is 2. The van der Waals surface area contributed by atoms with Gasteiger partial charge in [0.2, 0.25) is 0 Å². The van der Waals surface area contributed by atoms with Gasteiger partial charge in [-0.1, -0.05) is 0 Å². The van der Waals surface area contributed by atoms with E-state index < -0.39 is 5.97 Å². The molecule has 1 aromatic rings. The lowest BCUT2D eigenvalue weighted by molar-refractivity contribution is 0.0521. The molecule has 0 unspecified atom stereocenters. The van der Waals surface area contributed by atoms with Gasteiger partial charge >= 0.3 is 5.97 Å². The highest BCUT2D eigenvalue weighted by Gasteiger charge is 2.35. The largest absolute Gasteiger partial charge is 0.493 e. The van der Waals surface area contributed by atoms with E-state index >= 15 is 0 Å². The van der Waals surface area contributed by atoms with Crippen LogP contribution in [0.5, 0.6) is 5.75 Å². The third kappa shape index (κ3) is 2.11. The molecule has 0 radical (unpaired) electrons. The van der Waals surface area contributed by atoms with Crippen LogP contribution in [0.15, 0.2) is 4.60 Å². The number of hydrogen-bond donors (Lipinski definition) is 0. The number of nitrogens with zero attached hydrogens (tertiary/aromatic N) is 2. The monoisotopic (exact) mass is 330 g/mol.